The molecule has 4 rings (SSSR count). The Bertz CT molecular complexity index is 1730. The van der Waals surface area contributed by atoms with Gasteiger partial charge in [-0.1, -0.05) is 6.92 Å². The molecule has 0 aliphatic heterocycles. The normalized spacial score (nSPS) is 13.5. The number of carbonyl (C=O) groups excluding carboxylic acids is 1. The van der Waals surface area contributed by atoms with Gasteiger partial charge in [0.1, 0.15) is 16.8 Å². The van der Waals surface area contributed by atoms with Crippen molar-refractivity contribution in [3.63, 3.8) is 0 Å². The molecule has 4 aromatic rings. The van der Waals surface area contributed by atoms with Crippen molar-refractivity contribution in [3.05, 3.63) is 77.2 Å². The number of hydrogen-bond acceptors (Lipinski definition) is 4. The largest absolute Gasteiger partial charge is 0.416 e. The molecule has 1 amide bonds. The molecule has 0 saturated heterocycles. The van der Waals surface area contributed by atoms with Crippen LogP contribution in [0.25, 0.3) is 28.0 Å². The Morgan fingerprint density at radius 1 is 1.05 bits per heavy atom. The predicted molar refractivity (Wildman–Crippen MR) is 135 cm³/mol. The average molecular weight is 603 g/mol. The second kappa shape index (κ2) is 10.4. The third-order valence-electron chi connectivity index (χ3n) is 6.33. The van der Waals surface area contributed by atoms with Crippen LogP contribution in [0, 0.1) is 5.82 Å². The number of halogens is 7. The zero-order chi connectivity index (χ0) is 30.5. The summed E-state index contributed by atoms with van der Waals surface area (Å²) in [4.78, 5) is 16.0. The van der Waals surface area contributed by atoms with Gasteiger partial charge in [0.05, 0.1) is 28.0 Å². The van der Waals surface area contributed by atoms with Gasteiger partial charge >= 0.3 is 12.4 Å². The van der Waals surface area contributed by atoms with Crippen molar-refractivity contribution in [2.45, 2.75) is 43.6 Å². The van der Waals surface area contributed by atoms with Gasteiger partial charge in [-0.25, -0.2) is 12.8 Å². The van der Waals surface area contributed by atoms with Gasteiger partial charge < -0.3 is 10.3 Å². The quantitative estimate of drug-likeness (QED) is 0.263. The number of sulfonamides is 1. The van der Waals surface area contributed by atoms with Crippen LogP contribution in [0.15, 0.2) is 59.6 Å². The monoisotopic (exact) mass is 602 g/mol. The van der Waals surface area contributed by atoms with Crippen LogP contribution in [-0.2, 0) is 22.6 Å². The molecule has 15 heteroatoms. The highest BCUT2D eigenvalue weighted by Gasteiger charge is 2.39. The van der Waals surface area contributed by atoms with E-state index in [1.807, 2.05) is 0 Å². The zero-order valence-electron chi connectivity index (χ0n) is 21.2. The summed E-state index contributed by atoms with van der Waals surface area (Å²) in [5, 5.41) is 0.0151. The van der Waals surface area contributed by atoms with Gasteiger partial charge in [-0.05, 0) is 67.4 Å². The summed E-state index contributed by atoms with van der Waals surface area (Å²) in [7, 11) is -4.68. The van der Waals surface area contributed by atoms with Crippen LogP contribution in [-0.4, -0.2) is 36.1 Å². The molecule has 1 atom stereocenters. The first-order valence-electron chi connectivity index (χ1n) is 11.9. The average Bonchev–Trinajstić information content (AvgIpc) is 3.21. The molecule has 0 aliphatic carbocycles. The number of benzene rings is 2. The highest BCUT2D eigenvalue weighted by atomic mass is 32.2. The van der Waals surface area contributed by atoms with E-state index in [1.165, 1.54) is 15.4 Å². The van der Waals surface area contributed by atoms with Gasteiger partial charge in [0.15, 0.2) is 0 Å². The number of fused-ring (bicyclic) bond motifs is 1. The van der Waals surface area contributed by atoms with E-state index in [0.717, 1.165) is 48.7 Å². The van der Waals surface area contributed by atoms with E-state index in [2.05, 4.69) is 4.98 Å². The van der Waals surface area contributed by atoms with Crippen molar-refractivity contribution >= 4 is 26.8 Å². The summed E-state index contributed by atoms with van der Waals surface area (Å²) in [6.45, 7) is 2.28. The molecule has 7 nitrogen and oxygen atoms in total. The molecule has 218 valence electrons. The van der Waals surface area contributed by atoms with Crippen LogP contribution >= 0.6 is 0 Å². The number of nitrogens with zero attached hydrogens (tertiary/aromatic N) is 2. The number of rotatable bonds is 7. The second-order valence-corrected chi connectivity index (χ2v) is 10.8. The van der Waals surface area contributed by atoms with E-state index in [1.54, 1.807) is 6.92 Å². The standard InChI is InChI=1S/C26H21F7N4O3S/c1-3-14-10-21-18(11-19(14)27)22(24(34)38)23(37(21)16-6-4-15(5-7-16)26(31,32)33)20-9-8-17(12-35-20)41(39,40)36-13(2)25(28,29)30/h4-13,36H,3H2,1-2H3,(H2,34,38). The molecule has 2 heterocycles. The third-order valence-corrected chi connectivity index (χ3v) is 7.85. The minimum atomic E-state index is -4.86. The summed E-state index contributed by atoms with van der Waals surface area (Å²) in [6, 6.07) is 5.92. The maximum absolute atomic E-state index is 14.8. The Morgan fingerprint density at radius 2 is 1.68 bits per heavy atom. The van der Waals surface area contributed by atoms with E-state index in [9.17, 15) is 43.9 Å². The predicted octanol–water partition coefficient (Wildman–Crippen LogP) is 5.74. The third kappa shape index (κ3) is 5.77. The SMILES string of the molecule is CCc1cc2c(cc1F)c(C(N)=O)c(-c1ccc(S(=O)(=O)NC(C)C(F)(F)F)cn1)n2-c1ccc(C(F)(F)F)cc1. The van der Waals surface area contributed by atoms with Gasteiger partial charge in [-0.15, -0.1) is 0 Å². The number of aromatic nitrogens is 2. The Balaban J connectivity index is 1.97. The summed E-state index contributed by atoms with van der Waals surface area (Å²) < 4.78 is 121. The highest BCUT2D eigenvalue weighted by Crippen LogP contribution is 2.38. The Hall–Kier alpha value is -3.98. The fourth-order valence-corrected chi connectivity index (χ4v) is 5.40. The molecule has 0 radical (unpaired) electrons. The molecular formula is C26H21F7N4O3S. The fourth-order valence-electron chi connectivity index (χ4n) is 4.23. The van der Waals surface area contributed by atoms with Crippen LogP contribution in [0.3, 0.4) is 0 Å². The Labute approximate surface area is 228 Å². The van der Waals surface area contributed by atoms with Gasteiger partial charge in [0.25, 0.3) is 5.91 Å². The molecule has 0 aliphatic rings. The number of nitrogens with two attached hydrogens (primary N) is 1. The minimum Gasteiger partial charge on any atom is -0.366 e. The van der Waals surface area contributed by atoms with E-state index in [-0.39, 0.29) is 45.5 Å². The molecule has 41 heavy (non-hydrogen) atoms. The van der Waals surface area contributed by atoms with E-state index in [4.69, 9.17) is 5.73 Å². The molecule has 2 aromatic carbocycles. The zero-order valence-corrected chi connectivity index (χ0v) is 22.0. The first-order valence-corrected chi connectivity index (χ1v) is 13.3. The van der Waals surface area contributed by atoms with Gasteiger partial charge in [0, 0.05) is 17.3 Å². The minimum absolute atomic E-state index is 0.0151. The van der Waals surface area contributed by atoms with E-state index in [0.29, 0.717) is 6.92 Å². The number of hydrogen-bond donors (Lipinski definition) is 2. The molecule has 0 saturated carbocycles. The van der Waals surface area contributed by atoms with Crippen LogP contribution in [0.2, 0.25) is 0 Å². The number of alkyl halides is 6. The Morgan fingerprint density at radius 3 is 2.17 bits per heavy atom. The topological polar surface area (TPSA) is 107 Å². The van der Waals surface area contributed by atoms with Crippen molar-refractivity contribution in [2.75, 3.05) is 0 Å². The molecule has 1 unspecified atom stereocenters. The number of nitrogens with one attached hydrogen (secondary N) is 1. The first-order chi connectivity index (χ1) is 19.0. The van der Waals surface area contributed by atoms with Crippen molar-refractivity contribution < 1.29 is 43.9 Å². The van der Waals surface area contributed by atoms with Gasteiger partial charge in [-0.2, -0.15) is 31.1 Å². The maximum atomic E-state index is 14.8. The number of carbonyl (C=O) groups is 1. The molecule has 0 fully saturated rings. The smallest absolute Gasteiger partial charge is 0.366 e. The van der Waals surface area contributed by atoms with Crippen LogP contribution in [0.1, 0.15) is 35.3 Å². The lowest BCUT2D eigenvalue weighted by molar-refractivity contribution is -0.147. The summed E-state index contributed by atoms with van der Waals surface area (Å²) >= 11 is 0. The van der Waals surface area contributed by atoms with Crippen LogP contribution in [0.5, 0.6) is 0 Å². The number of pyridine rings is 1. The molecule has 0 bridgehead atoms. The van der Waals surface area contributed by atoms with E-state index < -0.39 is 50.6 Å². The summed E-state index contributed by atoms with van der Waals surface area (Å²) in [5.74, 6) is -1.71. The van der Waals surface area contributed by atoms with Gasteiger partial charge in [0.2, 0.25) is 10.0 Å². The molecule has 3 N–H and O–H groups in total. The highest BCUT2D eigenvalue weighted by molar-refractivity contribution is 7.89. The van der Waals surface area contributed by atoms with Crippen LogP contribution < -0.4 is 10.5 Å². The van der Waals surface area contributed by atoms with Crippen molar-refractivity contribution in [3.8, 4) is 17.1 Å². The van der Waals surface area contributed by atoms with Crippen LogP contribution in [0.4, 0.5) is 30.7 Å². The summed E-state index contributed by atoms with van der Waals surface area (Å²) in [5.41, 5.74) is 4.76. The first kappa shape index (κ1) is 30.0. The second-order valence-electron chi connectivity index (χ2n) is 9.05. The Kier molecular flexibility index (Phi) is 7.64. The van der Waals surface area contributed by atoms with E-state index >= 15 is 0 Å². The fraction of sp³-hybridized carbons (Fsp3) is 0.231. The molecule has 0 spiro atoms. The summed E-state index contributed by atoms with van der Waals surface area (Å²) in [6.07, 6.45) is -8.52. The number of amides is 1. The lowest BCUT2D eigenvalue weighted by Crippen LogP contribution is -2.42. The molecule has 2 aromatic heterocycles. The molecular weight excluding hydrogens is 581 g/mol. The number of primary amides is 1. The lowest BCUT2D eigenvalue weighted by atomic mass is 10.0. The number of aryl methyl sites for hydroxylation is 1. The van der Waals surface area contributed by atoms with Crippen molar-refractivity contribution in [1.82, 2.24) is 14.3 Å². The van der Waals surface area contributed by atoms with Crippen molar-refractivity contribution in [1.29, 1.82) is 0 Å². The maximum Gasteiger partial charge on any atom is 0.416 e. The van der Waals surface area contributed by atoms with Gasteiger partial charge in [-0.3, -0.25) is 9.78 Å². The van der Waals surface area contributed by atoms with Crippen molar-refractivity contribution in [2.24, 2.45) is 5.73 Å². The lowest BCUT2D eigenvalue weighted by Gasteiger charge is -2.17.